The molecule has 3 rings (SSSR count). The lowest BCUT2D eigenvalue weighted by Gasteiger charge is -2.07. The smallest absolute Gasteiger partial charge is 0.338 e. The molecule has 1 amide bonds. The van der Waals surface area contributed by atoms with Gasteiger partial charge in [0.15, 0.2) is 5.16 Å². The lowest BCUT2D eigenvalue weighted by molar-refractivity contribution is -0.115. The zero-order valence-electron chi connectivity index (χ0n) is 16.7. The Morgan fingerprint density at radius 2 is 1.94 bits per heavy atom. The van der Waals surface area contributed by atoms with Gasteiger partial charge in [0.25, 0.3) is 5.56 Å². The fourth-order valence-electron chi connectivity index (χ4n) is 2.69. The van der Waals surface area contributed by atoms with Crippen LogP contribution in [0.3, 0.4) is 0 Å². The Morgan fingerprint density at radius 3 is 2.65 bits per heavy atom. The average molecular weight is 458 g/mol. The van der Waals surface area contributed by atoms with E-state index in [1.807, 2.05) is 18.2 Å². The number of rotatable bonds is 8. The number of H-pyrrole nitrogens is 1. The minimum atomic E-state index is -0.420. The second-order valence-electron chi connectivity index (χ2n) is 6.48. The average Bonchev–Trinajstić information content (AvgIpc) is 2.72. The Morgan fingerprint density at radius 1 is 1.16 bits per heavy atom. The number of benzene rings is 2. The predicted molar refractivity (Wildman–Crippen MR) is 121 cm³/mol. The maximum atomic E-state index is 12.4. The number of nitrogens with one attached hydrogen (secondary N) is 2. The molecule has 0 saturated carbocycles. The third-order valence-corrected chi connectivity index (χ3v) is 5.24. The topological polar surface area (TPSA) is 101 Å². The first-order valence-electron chi connectivity index (χ1n) is 9.47. The number of amides is 1. The number of aromatic nitrogens is 2. The van der Waals surface area contributed by atoms with Gasteiger partial charge >= 0.3 is 5.97 Å². The van der Waals surface area contributed by atoms with Crippen molar-refractivity contribution in [1.82, 2.24) is 9.97 Å². The minimum Gasteiger partial charge on any atom is -0.462 e. The highest BCUT2D eigenvalue weighted by atomic mass is 35.5. The first kappa shape index (κ1) is 22.6. The van der Waals surface area contributed by atoms with E-state index in [0.29, 0.717) is 39.5 Å². The number of hydrogen-bond donors (Lipinski definition) is 2. The van der Waals surface area contributed by atoms with Gasteiger partial charge in [-0.1, -0.05) is 35.5 Å². The van der Waals surface area contributed by atoms with Crippen LogP contribution in [0.5, 0.6) is 0 Å². The van der Waals surface area contributed by atoms with Crippen molar-refractivity contribution in [3.8, 4) is 0 Å². The molecule has 2 N–H and O–H groups in total. The molecule has 0 aliphatic rings. The molecule has 1 heterocycles. The zero-order chi connectivity index (χ0) is 22.2. The van der Waals surface area contributed by atoms with Crippen molar-refractivity contribution in [2.24, 2.45) is 0 Å². The van der Waals surface area contributed by atoms with Crippen LogP contribution in [0.15, 0.2) is 64.5 Å². The van der Waals surface area contributed by atoms with Crippen LogP contribution in [0.25, 0.3) is 0 Å². The number of aromatic amines is 1. The molecule has 31 heavy (non-hydrogen) atoms. The molecule has 0 spiro atoms. The molecule has 1 aromatic heterocycles. The quantitative estimate of drug-likeness (QED) is 0.300. The second-order valence-corrected chi connectivity index (χ2v) is 7.88. The van der Waals surface area contributed by atoms with Crippen LogP contribution in [0.2, 0.25) is 5.02 Å². The number of halogens is 1. The van der Waals surface area contributed by atoms with Gasteiger partial charge in [-0.15, -0.1) is 0 Å². The maximum absolute atomic E-state index is 12.4. The summed E-state index contributed by atoms with van der Waals surface area (Å²) in [7, 11) is 0. The maximum Gasteiger partial charge on any atom is 0.338 e. The fourth-order valence-corrected chi connectivity index (χ4v) is 3.74. The SMILES string of the molecule is CCOC(=O)c1ccc(NC(=O)Cc2cc(=O)[nH]c(SCc3cccc(Cl)c3)n2)cc1. The largest absolute Gasteiger partial charge is 0.462 e. The number of carbonyl (C=O) groups excluding carboxylic acids is 2. The summed E-state index contributed by atoms with van der Waals surface area (Å²) in [6.45, 7) is 2.02. The van der Waals surface area contributed by atoms with Crippen LogP contribution >= 0.6 is 23.4 Å². The standard InChI is InChI=1S/C22H20ClN3O4S/c1-2-30-21(29)15-6-8-17(9-7-15)24-19(27)11-18-12-20(28)26-22(25-18)31-13-14-4-3-5-16(23)10-14/h3-10,12H,2,11,13H2,1H3,(H,24,27)(H,25,26,28). The van der Waals surface area contributed by atoms with Crippen LogP contribution in [-0.2, 0) is 21.7 Å². The Labute approximate surface area is 188 Å². The number of anilines is 1. The summed E-state index contributed by atoms with van der Waals surface area (Å²) in [6.07, 6.45) is -0.0612. The highest BCUT2D eigenvalue weighted by Crippen LogP contribution is 2.21. The van der Waals surface area contributed by atoms with E-state index in [4.69, 9.17) is 16.3 Å². The monoisotopic (exact) mass is 457 g/mol. The lowest BCUT2D eigenvalue weighted by Crippen LogP contribution is -2.18. The van der Waals surface area contributed by atoms with E-state index >= 15 is 0 Å². The van der Waals surface area contributed by atoms with Crippen molar-refractivity contribution in [2.45, 2.75) is 24.3 Å². The molecule has 7 nitrogen and oxygen atoms in total. The van der Waals surface area contributed by atoms with Gasteiger partial charge in [0, 0.05) is 22.5 Å². The van der Waals surface area contributed by atoms with Gasteiger partial charge in [0.2, 0.25) is 5.91 Å². The van der Waals surface area contributed by atoms with E-state index in [-0.39, 0.29) is 17.9 Å². The van der Waals surface area contributed by atoms with Gasteiger partial charge in [-0.3, -0.25) is 9.59 Å². The summed E-state index contributed by atoms with van der Waals surface area (Å²) < 4.78 is 4.93. The molecule has 0 unspecified atom stereocenters. The molecule has 2 aromatic carbocycles. The number of hydrogen-bond acceptors (Lipinski definition) is 6. The second kappa shape index (κ2) is 10.8. The van der Waals surface area contributed by atoms with Gasteiger partial charge in [-0.2, -0.15) is 0 Å². The van der Waals surface area contributed by atoms with Crippen LogP contribution in [0.4, 0.5) is 5.69 Å². The predicted octanol–water partition coefficient (Wildman–Crippen LogP) is 4.07. The van der Waals surface area contributed by atoms with Crippen molar-refractivity contribution < 1.29 is 14.3 Å². The minimum absolute atomic E-state index is 0.0612. The third-order valence-electron chi connectivity index (χ3n) is 4.06. The van der Waals surface area contributed by atoms with E-state index in [2.05, 4.69) is 15.3 Å². The Hall–Kier alpha value is -3.10. The van der Waals surface area contributed by atoms with E-state index in [0.717, 1.165) is 5.56 Å². The fraction of sp³-hybridized carbons (Fsp3) is 0.182. The molecular weight excluding hydrogens is 438 g/mol. The van der Waals surface area contributed by atoms with Gasteiger partial charge in [0.05, 0.1) is 24.3 Å². The Bertz CT molecular complexity index is 1130. The van der Waals surface area contributed by atoms with Crippen LogP contribution < -0.4 is 10.9 Å². The number of ether oxygens (including phenoxy) is 1. The molecule has 9 heteroatoms. The van der Waals surface area contributed by atoms with Gasteiger partial charge in [0.1, 0.15) is 0 Å². The molecule has 0 radical (unpaired) electrons. The third kappa shape index (κ3) is 6.97. The van der Waals surface area contributed by atoms with E-state index in [1.165, 1.54) is 17.8 Å². The summed E-state index contributed by atoms with van der Waals surface area (Å²) in [5, 5.41) is 3.79. The van der Waals surface area contributed by atoms with E-state index < -0.39 is 5.97 Å². The molecule has 0 aliphatic heterocycles. The molecule has 0 aliphatic carbocycles. The zero-order valence-corrected chi connectivity index (χ0v) is 18.3. The van der Waals surface area contributed by atoms with Crippen LogP contribution in [0.1, 0.15) is 28.5 Å². The number of esters is 1. The summed E-state index contributed by atoms with van der Waals surface area (Å²) >= 11 is 7.34. The summed E-state index contributed by atoms with van der Waals surface area (Å²) in [4.78, 5) is 43.0. The molecule has 160 valence electrons. The van der Waals surface area contributed by atoms with Crippen LogP contribution in [-0.4, -0.2) is 28.5 Å². The van der Waals surface area contributed by atoms with E-state index in [1.54, 1.807) is 37.3 Å². The summed E-state index contributed by atoms with van der Waals surface area (Å²) in [5.41, 5.74) is 1.95. The van der Waals surface area contributed by atoms with Gasteiger partial charge in [-0.05, 0) is 48.9 Å². The lowest BCUT2D eigenvalue weighted by atomic mass is 10.2. The highest BCUT2D eigenvalue weighted by molar-refractivity contribution is 7.98. The Kier molecular flexibility index (Phi) is 7.86. The summed E-state index contributed by atoms with van der Waals surface area (Å²) in [5.74, 6) is -0.171. The van der Waals surface area contributed by atoms with Crippen molar-refractivity contribution in [2.75, 3.05) is 11.9 Å². The summed E-state index contributed by atoms with van der Waals surface area (Å²) in [6, 6.07) is 15.1. The van der Waals surface area contributed by atoms with Crippen molar-refractivity contribution in [3.63, 3.8) is 0 Å². The first-order chi connectivity index (χ1) is 14.9. The van der Waals surface area contributed by atoms with E-state index in [9.17, 15) is 14.4 Å². The van der Waals surface area contributed by atoms with Crippen LogP contribution in [0, 0.1) is 0 Å². The van der Waals surface area contributed by atoms with Crippen molar-refractivity contribution >= 4 is 40.9 Å². The van der Waals surface area contributed by atoms with Gasteiger partial charge < -0.3 is 15.0 Å². The molecule has 0 bridgehead atoms. The first-order valence-corrected chi connectivity index (χ1v) is 10.8. The number of nitrogens with zero attached hydrogens (tertiary/aromatic N) is 1. The number of carbonyl (C=O) groups is 2. The number of thioether (sulfide) groups is 1. The molecule has 0 fully saturated rings. The molecular formula is C22H20ClN3O4S. The Balaban J connectivity index is 1.60. The van der Waals surface area contributed by atoms with Gasteiger partial charge in [-0.25, -0.2) is 9.78 Å². The van der Waals surface area contributed by atoms with Crippen molar-refractivity contribution in [1.29, 1.82) is 0 Å². The molecule has 0 saturated heterocycles. The highest BCUT2D eigenvalue weighted by Gasteiger charge is 2.10. The normalized spacial score (nSPS) is 10.5. The molecule has 0 atom stereocenters. The molecule has 3 aromatic rings. The van der Waals surface area contributed by atoms with Crippen molar-refractivity contribution in [3.05, 3.63) is 86.8 Å².